The van der Waals surface area contributed by atoms with Crippen LogP contribution in [0.15, 0.2) is 35.8 Å². The first kappa shape index (κ1) is 20.7. The molecular formula is C14H20Cl2N4OS. The first-order valence-corrected chi connectivity index (χ1v) is 7.15. The fourth-order valence-electron chi connectivity index (χ4n) is 1.84. The Labute approximate surface area is 146 Å². The van der Waals surface area contributed by atoms with Crippen molar-refractivity contribution in [3.05, 3.63) is 46.4 Å². The second kappa shape index (κ2) is 9.63. The third-order valence-electron chi connectivity index (χ3n) is 2.97. The number of thiophene rings is 1. The Hall–Kier alpha value is -1.34. The molecule has 0 saturated carbocycles. The zero-order valence-electron chi connectivity index (χ0n) is 12.4. The van der Waals surface area contributed by atoms with Crippen molar-refractivity contribution < 1.29 is 4.79 Å². The van der Waals surface area contributed by atoms with Gasteiger partial charge in [-0.1, -0.05) is 6.07 Å². The van der Waals surface area contributed by atoms with Gasteiger partial charge in [0.25, 0.3) is 5.91 Å². The molecule has 2 heterocycles. The van der Waals surface area contributed by atoms with Crippen LogP contribution in [0.3, 0.4) is 0 Å². The van der Waals surface area contributed by atoms with Gasteiger partial charge in [0, 0.05) is 11.4 Å². The number of likely N-dealkylation sites (N-methyl/N-ethyl adjacent to an activating group) is 1. The largest absolute Gasteiger partial charge is 0.397 e. The third kappa shape index (κ3) is 5.46. The van der Waals surface area contributed by atoms with Crippen molar-refractivity contribution in [3.63, 3.8) is 0 Å². The number of nitrogens with one attached hydrogen (secondary N) is 1. The van der Waals surface area contributed by atoms with Crippen molar-refractivity contribution in [3.8, 4) is 0 Å². The van der Waals surface area contributed by atoms with E-state index >= 15 is 0 Å². The molecule has 5 nitrogen and oxygen atoms in total. The lowest BCUT2D eigenvalue weighted by atomic mass is 10.2. The molecule has 1 amide bonds. The molecule has 2 aromatic rings. The van der Waals surface area contributed by atoms with Crippen molar-refractivity contribution in [2.75, 3.05) is 26.4 Å². The van der Waals surface area contributed by atoms with Gasteiger partial charge in [0.2, 0.25) is 0 Å². The van der Waals surface area contributed by atoms with Crippen LogP contribution in [0.25, 0.3) is 0 Å². The molecule has 1 atom stereocenters. The first-order valence-electron chi connectivity index (χ1n) is 6.27. The number of rotatable bonds is 5. The zero-order valence-corrected chi connectivity index (χ0v) is 14.8. The number of hydrogen-bond donors (Lipinski definition) is 2. The summed E-state index contributed by atoms with van der Waals surface area (Å²) in [6.45, 7) is 0.540. The van der Waals surface area contributed by atoms with E-state index in [2.05, 4.69) is 21.3 Å². The van der Waals surface area contributed by atoms with Crippen molar-refractivity contribution >= 4 is 47.7 Å². The summed E-state index contributed by atoms with van der Waals surface area (Å²) in [5.41, 5.74) is 6.48. The Morgan fingerprint density at radius 1 is 1.36 bits per heavy atom. The monoisotopic (exact) mass is 362 g/mol. The fraction of sp³-hybridized carbons (Fsp3) is 0.286. The van der Waals surface area contributed by atoms with E-state index < -0.39 is 0 Å². The highest BCUT2D eigenvalue weighted by atomic mass is 35.5. The van der Waals surface area contributed by atoms with Crippen LogP contribution in [0.4, 0.5) is 5.69 Å². The number of nitrogen functional groups attached to an aromatic ring is 1. The molecule has 3 N–H and O–H groups in total. The number of nitrogens with two attached hydrogens (primary N) is 1. The number of halogens is 2. The lowest BCUT2D eigenvalue weighted by Crippen LogP contribution is -2.34. The second-order valence-electron chi connectivity index (χ2n) is 4.68. The number of pyridine rings is 1. The van der Waals surface area contributed by atoms with E-state index in [4.69, 9.17) is 5.73 Å². The standard InChI is InChI=1S/C14H18N4OS.2ClH/c1-18(2)12(13-4-3-7-20-13)9-17-14(19)11-6-5-10(15)8-16-11;;/h3-8,12H,9,15H2,1-2H3,(H,17,19);2*1H. The summed E-state index contributed by atoms with van der Waals surface area (Å²) in [7, 11) is 4.00. The number of aromatic nitrogens is 1. The van der Waals surface area contributed by atoms with Crippen LogP contribution in [0.5, 0.6) is 0 Å². The first-order chi connectivity index (χ1) is 9.58. The van der Waals surface area contributed by atoms with Gasteiger partial charge in [-0.2, -0.15) is 0 Å². The Morgan fingerprint density at radius 2 is 2.09 bits per heavy atom. The lowest BCUT2D eigenvalue weighted by Gasteiger charge is -2.23. The topological polar surface area (TPSA) is 71.2 Å². The second-order valence-corrected chi connectivity index (χ2v) is 5.66. The SMILES string of the molecule is CN(C)C(CNC(=O)c1ccc(N)cn1)c1cccs1.Cl.Cl. The van der Waals surface area contributed by atoms with Gasteiger partial charge in [-0.25, -0.2) is 4.98 Å². The summed E-state index contributed by atoms with van der Waals surface area (Å²) in [4.78, 5) is 19.3. The van der Waals surface area contributed by atoms with Crippen LogP contribution in [0, 0.1) is 0 Å². The van der Waals surface area contributed by atoms with E-state index in [1.807, 2.05) is 25.5 Å². The van der Waals surface area contributed by atoms with Crippen LogP contribution in [-0.4, -0.2) is 36.4 Å². The van der Waals surface area contributed by atoms with Gasteiger partial charge in [-0.15, -0.1) is 36.2 Å². The molecule has 0 bridgehead atoms. The van der Waals surface area contributed by atoms with Gasteiger partial charge in [0.15, 0.2) is 0 Å². The maximum absolute atomic E-state index is 12.0. The molecule has 2 rings (SSSR count). The molecule has 0 saturated heterocycles. The average molecular weight is 363 g/mol. The summed E-state index contributed by atoms with van der Waals surface area (Å²) in [6.07, 6.45) is 1.48. The van der Waals surface area contributed by atoms with Crippen LogP contribution >= 0.6 is 36.2 Å². The van der Waals surface area contributed by atoms with Crippen LogP contribution in [0.1, 0.15) is 21.4 Å². The van der Waals surface area contributed by atoms with Gasteiger partial charge >= 0.3 is 0 Å². The number of nitrogens with zero attached hydrogens (tertiary/aromatic N) is 2. The van der Waals surface area contributed by atoms with Gasteiger partial charge in [-0.05, 0) is 37.7 Å². The lowest BCUT2D eigenvalue weighted by molar-refractivity contribution is 0.0937. The number of hydrogen-bond acceptors (Lipinski definition) is 5. The van der Waals surface area contributed by atoms with Crippen molar-refractivity contribution in [2.24, 2.45) is 0 Å². The highest BCUT2D eigenvalue weighted by Gasteiger charge is 2.17. The minimum Gasteiger partial charge on any atom is -0.397 e. The molecule has 0 radical (unpaired) electrons. The molecule has 0 aliphatic rings. The van der Waals surface area contributed by atoms with Gasteiger partial charge in [0.1, 0.15) is 5.69 Å². The third-order valence-corrected chi connectivity index (χ3v) is 3.94. The minimum atomic E-state index is -0.187. The van der Waals surface area contributed by atoms with E-state index in [1.54, 1.807) is 23.5 Å². The van der Waals surface area contributed by atoms with Gasteiger partial charge in [0.05, 0.1) is 17.9 Å². The van der Waals surface area contributed by atoms with Crippen LogP contribution in [0.2, 0.25) is 0 Å². The Morgan fingerprint density at radius 3 is 2.59 bits per heavy atom. The maximum Gasteiger partial charge on any atom is 0.269 e. The smallest absolute Gasteiger partial charge is 0.269 e. The molecule has 0 aliphatic carbocycles. The Kier molecular flexibility index (Phi) is 9.04. The molecule has 22 heavy (non-hydrogen) atoms. The molecule has 0 fully saturated rings. The van der Waals surface area contributed by atoms with E-state index in [9.17, 15) is 4.79 Å². The van der Waals surface area contributed by atoms with E-state index in [-0.39, 0.29) is 36.8 Å². The Bertz CT molecular complexity index is 561. The van der Waals surface area contributed by atoms with Crippen molar-refractivity contribution in [1.29, 1.82) is 0 Å². The fourth-order valence-corrected chi connectivity index (χ4v) is 2.76. The molecule has 8 heteroatoms. The maximum atomic E-state index is 12.0. The normalized spacial score (nSPS) is 11.2. The number of anilines is 1. The summed E-state index contributed by atoms with van der Waals surface area (Å²) >= 11 is 1.68. The summed E-state index contributed by atoms with van der Waals surface area (Å²) in [6, 6.07) is 7.54. The molecule has 122 valence electrons. The highest BCUT2D eigenvalue weighted by molar-refractivity contribution is 7.10. The average Bonchev–Trinajstić information content (AvgIpc) is 2.93. The summed E-state index contributed by atoms with van der Waals surface area (Å²) in [5, 5.41) is 4.95. The number of amides is 1. The molecule has 1 unspecified atom stereocenters. The van der Waals surface area contributed by atoms with Crippen LogP contribution in [-0.2, 0) is 0 Å². The predicted molar refractivity (Wildman–Crippen MR) is 96.2 cm³/mol. The zero-order chi connectivity index (χ0) is 14.5. The summed E-state index contributed by atoms with van der Waals surface area (Å²) < 4.78 is 0. The number of carbonyl (C=O) groups is 1. The van der Waals surface area contributed by atoms with Crippen LogP contribution < -0.4 is 11.1 Å². The molecule has 2 aromatic heterocycles. The molecule has 0 aliphatic heterocycles. The van der Waals surface area contributed by atoms with Crippen molar-refractivity contribution in [1.82, 2.24) is 15.2 Å². The van der Waals surface area contributed by atoms with E-state index in [1.165, 1.54) is 11.1 Å². The van der Waals surface area contributed by atoms with Gasteiger partial charge < -0.3 is 16.0 Å². The molecule has 0 aromatic carbocycles. The molecular weight excluding hydrogens is 343 g/mol. The quantitative estimate of drug-likeness (QED) is 0.857. The Balaban J connectivity index is 0.00000220. The van der Waals surface area contributed by atoms with Crippen molar-refractivity contribution in [2.45, 2.75) is 6.04 Å². The van der Waals surface area contributed by atoms with E-state index in [0.717, 1.165) is 0 Å². The molecule has 0 spiro atoms. The minimum absolute atomic E-state index is 0. The number of carbonyl (C=O) groups excluding carboxylic acids is 1. The van der Waals surface area contributed by atoms with Gasteiger partial charge in [-0.3, -0.25) is 4.79 Å². The predicted octanol–water partition coefficient (Wildman–Crippen LogP) is 2.60. The highest BCUT2D eigenvalue weighted by Crippen LogP contribution is 2.22. The van der Waals surface area contributed by atoms with E-state index in [0.29, 0.717) is 17.9 Å². The summed E-state index contributed by atoms with van der Waals surface area (Å²) in [5.74, 6) is -0.187.